The molecule has 0 saturated heterocycles. The van der Waals surface area contributed by atoms with Crippen LogP contribution in [-0.4, -0.2) is 25.0 Å². The van der Waals surface area contributed by atoms with E-state index in [9.17, 15) is 4.79 Å². The van der Waals surface area contributed by atoms with Crippen LogP contribution in [0.15, 0.2) is 0 Å². The van der Waals surface area contributed by atoms with Gasteiger partial charge in [0.05, 0.1) is 6.54 Å². The number of hydrogen-bond donors (Lipinski definition) is 2. The van der Waals surface area contributed by atoms with Gasteiger partial charge in [0, 0.05) is 12.6 Å². The molecule has 3 nitrogen and oxygen atoms in total. The Balaban J connectivity index is 1.57. The van der Waals surface area contributed by atoms with Crippen LogP contribution < -0.4 is 10.6 Å². The van der Waals surface area contributed by atoms with Crippen molar-refractivity contribution < 1.29 is 4.79 Å². The standard InChI is InChI=1S/C14H26N2O/c1-2-14(8-9-14)11-15-10-13(17)16-12-6-4-3-5-7-12/h12,15H,2-11H2,1H3,(H,16,17). The Morgan fingerprint density at radius 3 is 2.53 bits per heavy atom. The van der Waals surface area contributed by atoms with Crippen molar-refractivity contribution in [1.82, 2.24) is 10.6 Å². The van der Waals surface area contributed by atoms with Crippen molar-refractivity contribution in [3.8, 4) is 0 Å². The highest BCUT2D eigenvalue weighted by Crippen LogP contribution is 2.47. The van der Waals surface area contributed by atoms with Crippen LogP contribution in [0.1, 0.15) is 58.3 Å². The molecule has 0 aromatic heterocycles. The third-order valence-corrected chi connectivity index (χ3v) is 4.46. The van der Waals surface area contributed by atoms with E-state index in [1.165, 1.54) is 51.4 Å². The van der Waals surface area contributed by atoms with Crippen molar-refractivity contribution in [2.75, 3.05) is 13.1 Å². The predicted molar refractivity (Wildman–Crippen MR) is 69.8 cm³/mol. The van der Waals surface area contributed by atoms with Gasteiger partial charge in [-0.25, -0.2) is 0 Å². The molecule has 2 aliphatic carbocycles. The van der Waals surface area contributed by atoms with E-state index in [1.807, 2.05) is 0 Å². The number of amides is 1. The SMILES string of the molecule is CCC1(CNCC(=O)NC2CCCCC2)CC1. The van der Waals surface area contributed by atoms with Crippen molar-refractivity contribution in [1.29, 1.82) is 0 Å². The molecule has 0 heterocycles. The quantitative estimate of drug-likeness (QED) is 0.745. The number of carbonyl (C=O) groups excluding carboxylic acids is 1. The lowest BCUT2D eigenvalue weighted by molar-refractivity contribution is -0.121. The van der Waals surface area contributed by atoms with E-state index in [0.29, 0.717) is 18.0 Å². The number of hydrogen-bond acceptors (Lipinski definition) is 2. The van der Waals surface area contributed by atoms with Crippen LogP contribution in [0.5, 0.6) is 0 Å². The van der Waals surface area contributed by atoms with Gasteiger partial charge < -0.3 is 10.6 Å². The van der Waals surface area contributed by atoms with Crippen molar-refractivity contribution in [3.63, 3.8) is 0 Å². The smallest absolute Gasteiger partial charge is 0.234 e. The fourth-order valence-electron chi connectivity index (χ4n) is 2.80. The molecule has 2 saturated carbocycles. The Labute approximate surface area is 105 Å². The third kappa shape index (κ3) is 3.98. The molecular formula is C14H26N2O. The molecule has 3 heteroatoms. The van der Waals surface area contributed by atoms with Crippen molar-refractivity contribution in [3.05, 3.63) is 0 Å². The summed E-state index contributed by atoms with van der Waals surface area (Å²) in [6, 6.07) is 0.444. The highest BCUT2D eigenvalue weighted by atomic mass is 16.1. The first-order valence-electron chi connectivity index (χ1n) is 7.24. The van der Waals surface area contributed by atoms with Crippen molar-refractivity contribution in [2.45, 2.75) is 64.3 Å². The topological polar surface area (TPSA) is 41.1 Å². The molecule has 0 unspecified atom stereocenters. The van der Waals surface area contributed by atoms with Crippen molar-refractivity contribution >= 4 is 5.91 Å². The molecule has 2 rings (SSSR count). The summed E-state index contributed by atoms with van der Waals surface area (Å²) in [5, 5.41) is 6.46. The average Bonchev–Trinajstić information content (AvgIpc) is 3.11. The first-order valence-corrected chi connectivity index (χ1v) is 7.24. The Morgan fingerprint density at radius 1 is 1.24 bits per heavy atom. The van der Waals surface area contributed by atoms with Crippen LogP contribution >= 0.6 is 0 Å². The summed E-state index contributed by atoms with van der Waals surface area (Å²) in [6.45, 7) is 3.76. The van der Waals surface area contributed by atoms with E-state index < -0.39 is 0 Å². The van der Waals surface area contributed by atoms with Crippen LogP contribution in [0, 0.1) is 5.41 Å². The summed E-state index contributed by atoms with van der Waals surface area (Å²) >= 11 is 0. The van der Waals surface area contributed by atoms with E-state index in [0.717, 1.165) is 6.54 Å². The summed E-state index contributed by atoms with van der Waals surface area (Å²) in [4.78, 5) is 11.7. The lowest BCUT2D eigenvalue weighted by atomic mass is 9.95. The zero-order chi connectivity index (χ0) is 12.1. The minimum atomic E-state index is 0.184. The number of nitrogens with one attached hydrogen (secondary N) is 2. The molecule has 17 heavy (non-hydrogen) atoms. The average molecular weight is 238 g/mol. The van der Waals surface area contributed by atoms with Crippen LogP contribution in [0.3, 0.4) is 0 Å². The zero-order valence-electron chi connectivity index (χ0n) is 11.1. The monoisotopic (exact) mass is 238 g/mol. The van der Waals surface area contributed by atoms with Gasteiger partial charge in [-0.05, 0) is 37.5 Å². The maximum Gasteiger partial charge on any atom is 0.234 e. The van der Waals surface area contributed by atoms with Gasteiger partial charge in [-0.2, -0.15) is 0 Å². The third-order valence-electron chi connectivity index (χ3n) is 4.46. The number of rotatable bonds is 6. The van der Waals surface area contributed by atoms with Gasteiger partial charge in [0.15, 0.2) is 0 Å². The van der Waals surface area contributed by atoms with Crippen LogP contribution in [0.25, 0.3) is 0 Å². The normalized spacial score (nSPS) is 23.4. The molecule has 98 valence electrons. The maximum atomic E-state index is 11.7. The van der Waals surface area contributed by atoms with E-state index in [2.05, 4.69) is 17.6 Å². The van der Waals surface area contributed by atoms with Gasteiger partial charge >= 0.3 is 0 Å². The highest BCUT2D eigenvalue weighted by Gasteiger charge is 2.39. The van der Waals surface area contributed by atoms with Crippen LogP contribution in [0.2, 0.25) is 0 Å². The molecule has 0 atom stereocenters. The summed E-state index contributed by atoms with van der Waals surface area (Å²) in [5.41, 5.74) is 0.533. The van der Waals surface area contributed by atoms with E-state index in [1.54, 1.807) is 0 Å². The minimum absolute atomic E-state index is 0.184. The Hall–Kier alpha value is -0.570. The fourth-order valence-corrected chi connectivity index (χ4v) is 2.80. The molecule has 0 aromatic carbocycles. The second kappa shape index (κ2) is 5.85. The first-order chi connectivity index (χ1) is 8.24. The predicted octanol–water partition coefficient (Wildman–Crippen LogP) is 2.22. The number of carbonyl (C=O) groups is 1. The Kier molecular flexibility index (Phi) is 4.43. The first kappa shape index (κ1) is 12.9. The lowest BCUT2D eigenvalue weighted by Crippen LogP contribution is -2.42. The molecule has 2 N–H and O–H groups in total. The van der Waals surface area contributed by atoms with Gasteiger partial charge in [0.25, 0.3) is 0 Å². The molecular weight excluding hydrogens is 212 g/mol. The fraction of sp³-hybridized carbons (Fsp3) is 0.929. The van der Waals surface area contributed by atoms with Crippen molar-refractivity contribution in [2.24, 2.45) is 5.41 Å². The second-order valence-electron chi connectivity index (χ2n) is 5.86. The Morgan fingerprint density at radius 2 is 1.94 bits per heavy atom. The summed E-state index contributed by atoms with van der Waals surface area (Å²) < 4.78 is 0. The molecule has 2 fully saturated rings. The minimum Gasteiger partial charge on any atom is -0.352 e. The maximum absolute atomic E-state index is 11.7. The molecule has 1 amide bonds. The van der Waals surface area contributed by atoms with Gasteiger partial charge in [0.2, 0.25) is 5.91 Å². The zero-order valence-corrected chi connectivity index (χ0v) is 11.1. The highest BCUT2D eigenvalue weighted by molar-refractivity contribution is 5.78. The second-order valence-corrected chi connectivity index (χ2v) is 5.86. The van der Waals surface area contributed by atoms with E-state index in [4.69, 9.17) is 0 Å². The summed E-state index contributed by atoms with van der Waals surface area (Å²) in [5.74, 6) is 0.184. The lowest BCUT2D eigenvalue weighted by Gasteiger charge is -2.23. The molecule has 0 radical (unpaired) electrons. The molecule has 0 bridgehead atoms. The molecule has 2 aliphatic rings. The largest absolute Gasteiger partial charge is 0.352 e. The van der Waals surface area contributed by atoms with Crippen LogP contribution in [0.4, 0.5) is 0 Å². The van der Waals surface area contributed by atoms with Gasteiger partial charge in [-0.3, -0.25) is 4.79 Å². The molecule has 0 spiro atoms. The van der Waals surface area contributed by atoms with Gasteiger partial charge in [-0.1, -0.05) is 26.2 Å². The van der Waals surface area contributed by atoms with E-state index in [-0.39, 0.29) is 5.91 Å². The summed E-state index contributed by atoms with van der Waals surface area (Å²) in [6.07, 6.45) is 10.1. The van der Waals surface area contributed by atoms with E-state index >= 15 is 0 Å². The van der Waals surface area contributed by atoms with Gasteiger partial charge in [0.1, 0.15) is 0 Å². The Bertz CT molecular complexity index is 255. The van der Waals surface area contributed by atoms with Gasteiger partial charge in [-0.15, -0.1) is 0 Å². The molecule has 0 aliphatic heterocycles. The summed E-state index contributed by atoms with van der Waals surface area (Å²) in [7, 11) is 0. The molecule has 0 aromatic rings. The van der Waals surface area contributed by atoms with Crippen LogP contribution in [-0.2, 0) is 4.79 Å².